The molecule has 0 bridgehead atoms. The smallest absolute Gasteiger partial charge is 0.253 e. The molecule has 7 heteroatoms. The summed E-state index contributed by atoms with van der Waals surface area (Å²) in [5.74, 6) is 0.556. The molecule has 2 aliphatic rings. The lowest BCUT2D eigenvalue weighted by Gasteiger charge is -2.47. The van der Waals surface area contributed by atoms with E-state index in [1.165, 1.54) is 0 Å². The van der Waals surface area contributed by atoms with Crippen LogP contribution in [-0.4, -0.2) is 63.8 Å². The van der Waals surface area contributed by atoms with Crippen LogP contribution in [0.1, 0.15) is 29.6 Å². The van der Waals surface area contributed by atoms with Crippen molar-refractivity contribution in [1.29, 1.82) is 0 Å². The SMILES string of the molecule is NCCN1C(=O)CC[C@H]2CN(C(=O)c3ccc4nccnc4c3)CC[C@H]21. The Morgan fingerprint density at radius 3 is 2.81 bits per heavy atom. The predicted molar refractivity (Wildman–Crippen MR) is 97.3 cm³/mol. The second-order valence-electron chi connectivity index (χ2n) is 7.04. The minimum absolute atomic E-state index is 0.0262. The number of carbonyl (C=O) groups excluding carboxylic acids is 2. The fourth-order valence-electron chi connectivity index (χ4n) is 4.24. The largest absolute Gasteiger partial charge is 0.338 e. The second kappa shape index (κ2) is 6.99. The highest BCUT2D eigenvalue weighted by Gasteiger charge is 2.40. The molecule has 2 atom stereocenters. The summed E-state index contributed by atoms with van der Waals surface area (Å²) in [5.41, 5.74) is 7.82. The summed E-state index contributed by atoms with van der Waals surface area (Å²) in [4.78, 5) is 37.5. The summed E-state index contributed by atoms with van der Waals surface area (Å²) in [6.07, 6.45) is 5.49. The molecule has 4 rings (SSSR count). The van der Waals surface area contributed by atoms with E-state index in [0.717, 1.165) is 23.9 Å². The standard InChI is InChI=1S/C19H23N5O2/c20-6-10-24-17-5-9-23(12-14(17)2-4-18(24)25)19(26)13-1-3-15-16(11-13)22-8-7-21-15/h1,3,7-8,11,14,17H,2,4-6,9-10,12,20H2/t14-,17+/m0/s1. The third kappa shape index (κ3) is 3.03. The summed E-state index contributed by atoms with van der Waals surface area (Å²) in [6.45, 7) is 2.44. The third-order valence-electron chi connectivity index (χ3n) is 5.52. The maximum Gasteiger partial charge on any atom is 0.253 e. The Morgan fingerprint density at radius 1 is 1.19 bits per heavy atom. The van der Waals surface area contributed by atoms with Crippen LogP contribution in [0.3, 0.4) is 0 Å². The van der Waals surface area contributed by atoms with Gasteiger partial charge in [-0.1, -0.05) is 0 Å². The van der Waals surface area contributed by atoms with E-state index in [-0.39, 0.29) is 17.9 Å². The number of rotatable bonds is 3. The molecule has 0 radical (unpaired) electrons. The number of benzene rings is 1. The monoisotopic (exact) mass is 353 g/mol. The number of fused-ring (bicyclic) bond motifs is 2. The molecule has 0 unspecified atom stereocenters. The topological polar surface area (TPSA) is 92.4 Å². The zero-order valence-corrected chi connectivity index (χ0v) is 14.7. The Bertz CT molecular complexity index is 840. The highest BCUT2D eigenvalue weighted by atomic mass is 16.2. The number of aromatic nitrogens is 2. The summed E-state index contributed by atoms with van der Waals surface area (Å²) >= 11 is 0. The van der Waals surface area contributed by atoms with E-state index >= 15 is 0 Å². The van der Waals surface area contributed by atoms with Crippen molar-refractivity contribution in [1.82, 2.24) is 19.8 Å². The maximum absolute atomic E-state index is 13.0. The van der Waals surface area contributed by atoms with Crippen LogP contribution in [0.4, 0.5) is 0 Å². The van der Waals surface area contributed by atoms with E-state index in [2.05, 4.69) is 9.97 Å². The van der Waals surface area contributed by atoms with Gasteiger partial charge >= 0.3 is 0 Å². The first-order valence-electron chi connectivity index (χ1n) is 9.17. The van der Waals surface area contributed by atoms with Gasteiger partial charge < -0.3 is 15.5 Å². The number of carbonyl (C=O) groups is 2. The Hall–Kier alpha value is -2.54. The van der Waals surface area contributed by atoms with Gasteiger partial charge in [-0.3, -0.25) is 19.6 Å². The summed E-state index contributed by atoms with van der Waals surface area (Å²) in [6, 6.07) is 5.68. The zero-order chi connectivity index (χ0) is 18.1. The van der Waals surface area contributed by atoms with Gasteiger partial charge in [-0.15, -0.1) is 0 Å². The van der Waals surface area contributed by atoms with Gasteiger partial charge in [0.15, 0.2) is 0 Å². The highest BCUT2D eigenvalue weighted by molar-refractivity contribution is 5.97. The van der Waals surface area contributed by atoms with Crippen molar-refractivity contribution < 1.29 is 9.59 Å². The molecule has 2 aliphatic heterocycles. The second-order valence-corrected chi connectivity index (χ2v) is 7.04. The van der Waals surface area contributed by atoms with Gasteiger partial charge in [0.2, 0.25) is 5.91 Å². The first kappa shape index (κ1) is 16.9. The lowest BCUT2D eigenvalue weighted by molar-refractivity contribution is -0.140. The summed E-state index contributed by atoms with van der Waals surface area (Å²) < 4.78 is 0. The van der Waals surface area contributed by atoms with E-state index in [9.17, 15) is 9.59 Å². The molecule has 26 heavy (non-hydrogen) atoms. The maximum atomic E-state index is 13.0. The molecular weight excluding hydrogens is 330 g/mol. The van der Waals surface area contributed by atoms with E-state index in [1.807, 2.05) is 28.0 Å². The normalized spacial score (nSPS) is 23.2. The molecule has 2 N–H and O–H groups in total. The van der Waals surface area contributed by atoms with E-state index in [4.69, 9.17) is 5.73 Å². The average molecular weight is 353 g/mol. The molecule has 2 fully saturated rings. The molecule has 1 aromatic heterocycles. The van der Waals surface area contributed by atoms with Crippen LogP contribution in [0, 0.1) is 5.92 Å². The fraction of sp³-hybridized carbons (Fsp3) is 0.474. The Kier molecular flexibility index (Phi) is 4.55. The average Bonchev–Trinajstić information content (AvgIpc) is 2.69. The number of hydrogen-bond acceptors (Lipinski definition) is 5. The van der Waals surface area contributed by atoms with Gasteiger partial charge in [-0.25, -0.2) is 0 Å². The Balaban J connectivity index is 1.50. The quantitative estimate of drug-likeness (QED) is 0.890. The van der Waals surface area contributed by atoms with Gasteiger partial charge in [-0.2, -0.15) is 0 Å². The van der Waals surface area contributed by atoms with E-state index in [1.54, 1.807) is 12.4 Å². The molecule has 3 heterocycles. The molecule has 0 aliphatic carbocycles. The molecule has 2 saturated heterocycles. The van der Waals surface area contributed by atoms with Gasteiger partial charge in [-0.05, 0) is 37.0 Å². The molecule has 0 saturated carbocycles. The zero-order valence-electron chi connectivity index (χ0n) is 14.7. The fourth-order valence-corrected chi connectivity index (χ4v) is 4.24. The van der Waals surface area contributed by atoms with E-state index in [0.29, 0.717) is 44.1 Å². The first-order valence-corrected chi connectivity index (χ1v) is 9.17. The Morgan fingerprint density at radius 2 is 2.00 bits per heavy atom. The van der Waals surface area contributed by atoms with Crippen molar-refractivity contribution in [3.63, 3.8) is 0 Å². The molecule has 0 spiro atoms. The van der Waals surface area contributed by atoms with Crippen LogP contribution >= 0.6 is 0 Å². The van der Waals surface area contributed by atoms with Gasteiger partial charge in [0.05, 0.1) is 11.0 Å². The van der Waals surface area contributed by atoms with Crippen LogP contribution < -0.4 is 5.73 Å². The molecule has 2 amide bonds. The molecule has 136 valence electrons. The van der Waals surface area contributed by atoms with Crippen molar-refractivity contribution in [2.45, 2.75) is 25.3 Å². The van der Waals surface area contributed by atoms with Crippen LogP contribution in [0.25, 0.3) is 11.0 Å². The Labute approximate surface area is 152 Å². The number of piperidine rings is 2. The lowest BCUT2D eigenvalue weighted by atomic mass is 9.83. The minimum Gasteiger partial charge on any atom is -0.338 e. The summed E-state index contributed by atoms with van der Waals surface area (Å²) in [7, 11) is 0. The third-order valence-corrected chi connectivity index (χ3v) is 5.52. The van der Waals surface area contributed by atoms with Gasteiger partial charge in [0.25, 0.3) is 5.91 Å². The molecule has 7 nitrogen and oxygen atoms in total. The van der Waals surface area contributed by atoms with Gasteiger partial charge in [0.1, 0.15) is 0 Å². The van der Waals surface area contributed by atoms with Crippen LogP contribution in [0.2, 0.25) is 0 Å². The van der Waals surface area contributed by atoms with Crippen molar-refractivity contribution in [3.05, 3.63) is 36.2 Å². The van der Waals surface area contributed by atoms with Crippen LogP contribution in [0.15, 0.2) is 30.6 Å². The predicted octanol–water partition coefficient (Wildman–Crippen LogP) is 1.04. The number of hydrogen-bond donors (Lipinski definition) is 1. The number of amides is 2. The minimum atomic E-state index is 0.0262. The number of nitrogens with zero attached hydrogens (tertiary/aromatic N) is 4. The molecular formula is C19H23N5O2. The summed E-state index contributed by atoms with van der Waals surface area (Å²) in [5, 5.41) is 0. The first-order chi connectivity index (χ1) is 12.7. The highest BCUT2D eigenvalue weighted by Crippen LogP contribution is 2.31. The van der Waals surface area contributed by atoms with E-state index < -0.39 is 0 Å². The molecule has 1 aromatic carbocycles. The lowest BCUT2D eigenvalue weighted by Crippen LogP contribution is -2.57. The van der Waals surface area contributed by atoms with Crippen molar-refractivity contribution in [2.75, 3.05) is 26.2 Å². The van der Waals surface area contributed by atoms with Crippen LogP contribution in [0.5, 0.6) is 0 Å². The van der Waals surface area contributed by atoms with Crippen molar-refractivity contribution in [3.8, 4) is 0 Å². The van der Waals surface area contributed by atoms with Crippen LogP contribution in [-0.2, 0) is 4.79 Å². The number of likely N-dealkylation sites (tertiary alicyclic amines) is 2. The van der Waals surface area contributed by atoms with Crippen molar-refractivity contribution in [2.24, 2.45) is 11.7 Å². The molecule has 2 aromatic rings. The van der Waals surface area contributed by atoms with Crippen molar-refractivity contribution >= 4 is 22.8 Å². The number of nitrogens with two attached hydrogens (primary N) is 1. The van der Waals surface area contributed by atoms with Gasteiger partial charge in [0, 0.05) is 56.6 Å².